The van der Waals surface area contributed by atoms with Crippen LogP contribution >= 0.6 is 11.6 Å². The molecule has 2 heterocycles. The summed E-state index contributed by atoms with van der Waals surface area (Å²) in [6.45, 7) is 0.0404. The van der Waals surface area contributed by atoms with Gasteiger partial charge in [-0.25, -0.2) is 17.2 Å². The van der Waals surface area contributed by atoms with Gasteiger partial charge in [0, 0.05) is 18.3 Å². The lowest BCUT2D eigenvalue weighted by Crippen LogP contribution is -2.43. The standard InChI is InChI=1S/C26H22ClF5N6O4S/c1-15-20(24(40)34-11-23(39)38-14-25(28,29)9-18(38)10-33)13-37(35-15)12-16-3-2-4-17(7-16)36-43(41,42)19-5-6-22(27)21(8-19)26(30,31)32/h2-8,13,18,36H,9,11-12,14H2,1H3,(H,34,40)/t18-/m0/s1. The zero-order chi connectivity index (χ0) is 31.7. The maximum Gasteiger partial charge on any atom is 0.417 e. The van der Waals surface area contributed by atoms with E-state index in [-0.39, 0.29) is 23.5 Å². The minimum absolute atomic E-state index is 0.0459. The number of alkyl halides is 5. The third kappa shape index (κ3) is 7.41. The smallest absolute Gasteiger partial charge is 0.343 e. The Morgan fingerprint density at radius 3 is 2.60 bits per heavy atom. The highest BCUT2D eigenvalue weighted by molar-refractivity contribution is 7.92. The number of anilines is 1. The number of amides is 2. The summed E-state index contributed by atoms with van der Waals surface area (Å²) in [5.74, 6) is -4.74. The molecule has 4 rings (SSSR count). The van der Waals surface area contributed by atoms with Crippen molar-refractivity contribution in [2.75, 3.05) is 17.8 Å². The third-order valence-electron chi connectivity index (χ3n) is 6.41. The molecule has 1 aliphatic heterocycles. The molecular weight excluding hydrogens is 623 g/mol. The predicted molar refractivity (Wildman–Crippen MR) is 143 cm³/mol. The Morgan fingerprint density at radius 2 is 1.93 bits per heavy atom. The van der Waals surface area contributed by atoms with E-state index in [0.717, 1.165) is 17.0 Å². The van der Waals surface area contributed by atoms with E-state index in [1.165, 1.54) is 36.0 Å². The number of rotatable bonds is 8. The summed E-state index contributed by atoms with van der Waals surface area (Å²) in [6.07, 6.45) is -4.28. The molecule has 0 aliphatic carbocycles. The van der Waals surface area contributed by atoms with Crippen LogP contribution in [0.1, 0.15) is 33.6 Å². The molecule has 0 radical (unpaired) electrons. The highest BCUT2D eigenvalue weighted by atomic mass is 35.5. The number of carbonyl (C=O) groups is 2. The number of sulfonamides is 1. The van der Waals surface area contributed by atoms with Crippen molar-refractivity contribution >= 4 is 39.1 Å². The minimum atomic E-state index is -4.86. The fourth-order valence-corrected chi connectivity index (χ4v) is 5.69. The van der Waals surface area contributed by atoms with E-state index < -0.39 is 75.0 Å². The Labute approximate surface area is 247 Å². The molecule has 10 nitrogen and oxygen atoms in total. The van der Waals surface area contributed by atoms with Crippen molar-refractivity contribution in [3.8, 4) is 6.07 Å². The second kappa shape index (κ2) is 11.8. The van der Waals surface area contributed by atoms with Crippen molar-refractivity contribution in [1.29, 1.82) is 5.26 Å². The average molecular weight is 645 g/mol. The number of carbonyl (C=O) groups excluding carboxylic acids is 2. The van der Waals surface area contributed by atoms with Gasteiger partial charge in [-0.15, -0.1) is 0 Å². The topological polar surface area (TPSA) is 137 Å². The average Bonchev–Trinajstić information content (AvgIpc) is 3.44. The summed E-state index contributed by atoms with van der Waals surface area (Å²) in [5.41, 5.74) is -0.393. The number of nitriles is 1. The first kappa shape index (κ1) is 31.7. The summed E-state index contributed by atoms with van der Waals surface area (Å²) >= 11 is 5.58. The first-order valence-corrected chi connectivity index (χ1v) is 14.2. The number of nitrogens with zero attached hydrogens (tertiary/aromatic N) is 4. The van der Waals surface area contributed by atoms with Crippen LogP contribution in [0.25, 0.3) is 0 Å². The molecule has 1 atom stereocenters. The number of hydrogen-bond donors (Lipinski definition) is 2. The van der Waals surface area contributed by atoms with Gasteiger partial charge in [0.25, 0.3) is 21.9 Å². The number of aromatic nitrogens is 2. The van der Waals surface area contributed by atoms with Gasteiger partial charge in [0.2, 0.25) is 5.91 Å². The number of likely N-dealkylation sites (tertiary alicyclic amines) is 1. The van der Waals surface area contributed by atoms with Crippen molar-refractivity contribution in [2.45, 2.75) is 42.9 Å². The first-order chi connectivity index (χ1) is 20.0. The quantitative estimate of drug-likeness (QED) is 0.353. The number of aryl methyl sites for hydroxylation is 1. The van der Waals surface area contributed by atoms with Crippen LogP contribution in [-0.4, -0.2) is 60.0 Å². The Morgan fingerprint density at radius 1 is 1.21 bits per heavy atom. The maximum atomic E-state index is 13.6. The molecule has 2 amide bonds. The summed E-state index contributed by atoms with van der Waals surface area (Å²) in [5, 5.41) is 15.0. The molecular formula is C26H22ClF5N6O4S. The van der Waals surface area contributed by atoms with Crippen LogP contribution in [0.2, 0.25) is 5.02 Å². The zero-order valence-electron chi connectivity index (χ0n) is 22.1. The van der Waals surface area contributed by atoms with E-state index in [4.69, 9.17) is 16.9 Å². The van der Waals surface area contributed by atoms with E-state index in [1.54, 1.807) is 12.1 Å². The van der Waals surface area contributed by atoms with E-state index in [2.05, 4.69) is 15.1 Å². The van der Waals surface area contributed by atoms with Gasteiger partial charge >= 0.3 is 6.18 Å². The lowest BCUT2D eigenvalue weighted by Gasteiger charge is -2.19. The van der Waals surface area contributed by atoms with E-state index in [0.29, 0.717) is 11.6 Å². The molecule has 43 heavy (non-hydrogen) atoms. The van der Waals surface area contributed by atoms with Crippen LogP contribution in [0.4, 0.5) is 27.6 Å². The van der Waals surface area contributed by atoms with Crippen LogP contribution < -0.4 is 10.0 Å². The van der Waals surface area contributed by atoms with Crippen molar-refractivity contribution in [2.24, 2.45) is 0 Å². The van der Waals surface area contributed by atoms with Gasteiger partial charge in [0.05, 0.1) is 52.4 Å². The van der Waals surface area contributed by atoms with E-state index in [1.807, 2.05) is 0 Å². The Bertz CT molecular complexity index is 1720. The van der Waals surface area contributed by atoms with Crippen molar-refractivity contribution in [3.05, 3.63) is 76.1 Å². The Hall–Kier alpha value is -4.23. The largest absolute Gasteiger partial charge is 0.417 e. The fraction of sp³-hybridized carbons (Fsp3) is 0.308. The van der Waals surface area contributed by atoms with Crippen LogP contribution in [0.5, 0.6) is 0 Å². The minimum Gasteiger partial charge on any atom is -0.343 e. The molecule has 2 N–H and O–H groups in total. The van der Waals surface area contributed by atoms with Gasteiger partial charge in [0.1, 0.15) is 6.04 Å². The normalized spacial score (nSPS) is 16.5. The zero-order valence-corrected chi connectivity index (χ0v) is 23.7. The molecule has 0 saturated carbocycles. The molecule has 1 saturated heterocycles. The molecule has 0 unspecified atom stereocenters. The summed E-state index contributed by atoms with van der Waals surface area (Å²) in [4.78, 5) is 25.1. The second-order valence-electron chi connectivity index (χ2n) is 9.68. The second-order valence-corrected chi connectivity index (χ2v) is 11.8. The molecule has 228 valence electrons. The Kier molecular flexibility index (Phi) is 8.70. The predicted octanol–water partition coefficient (Wildman–Crippen LogP) is 4.20. The van der Waals surface area contributed by atoms with Gasteiger partial charge in [0.15, 0.2) is 0 Å². The molecule has 1 aliphatic rings. The SMILES string of the molecule is Cc1nn(Cc2cccc(NS(=O)(=O)c3ccc(Cl)c(C(F)(F)F)c3)c2)cc1C(=O)NCC(=O)N1CC(F)(F)C[C@H]1C#N. The lowest BCUT2D eigenvalue weighted by atomic mass is 10.2. The highest BCUT2D eigenvalue weighted by Crippen LogP contribution is 2.36. The van der Waals surface area contributed by atoms with Crippen molar-refractivity contribution < 1.29 is 40.0 Å². The van der Waals surface area contributed by atoms with Gasteiger partial charge in [-0.05, 0) is 42.8 Å². The van der Waals surface area contributed by atoms with Crippen molar-refractivity contribution in [3.63, 3.8) is 0 Å². The van der Waals surface area contributed by atoms with E-state index >= 15 is 0 Å². The van der Waals surface area contributed by atoms with Gasteiger partial charge in [-0.1, -0.05) is 23.7 Å². The van der Waals surface area contributed by atoms with Crippen LogP contribution in [0, 0.1) is 18.3 Å². The summed E-state index contributed by atoms with van der Waals surface area (Å²) in [7, 11) is -4.42. The van der Waals surface area contributed by atoms with Gasteiger partial charge in [-0.2, -0.15) is 23.5 Å². The number of benzene rings is 2. The molecule has 0 spiro atoms. The first-order valence-electron chi connectivity index (χ1n) is 12.4. The number of nitrogens with one attached hydrogen (secondary N) is 2. The molecule has 1 fully saturated rings. The fourth-order valence-electron chi connectivity index (χ4n) is 4.39. The molecule has 2 aromatic carbocycles. The van der Waals surface area contributed by atoms with Gasteiger partial charge < -0.3 is 10.2 Å². The maximum absolute atomic E-state index is 13.6. The van der Waals surface area contributed by atoms with Crippen LogP contribution in [-0.2, 0) is 27.5 Å². The molecule has 3 aromatic rings. The Balaban J connectivity index is 1.42. The summed E-state index contributed by atoms with van der Waals surface area (Å²) < 4.78 is 96.0. The number of hydrogen-bond acceptors (Lipinski definition) is 6. The van der Waals surface area contributed by atoms with Crippen molar-refractivity contribution in [1.82, 2.24) is 20.0 Å². The molecule has 17 heteroatoms. The summed E-state index contributed by atoms with van der Waals surface area (Å²) in [6, 6.07) is 8.51. The molecule has 1 aromatic heterocycles. The van der Waals surface area contributed by atoms with Crippen LogP contribution in [0.15, 0.2) is 53.6 Å². The third-order valence-corrected chi connectivity index (χ3v) is 8.12. The van der Waals surface area contributed by atoms with Crippen LogP contribution in [0.3, 0.4) is 0 Å². The lowest BCUT2D eigenvalue weighted by molar-refractivity contribution is -0.137. The van der Waals surface area contributed by atoms with Gasteiger partial charge in [-0.3, -0.25) is 19.0 Å². The highest BCUT2D eigenvalue weighted by Gasteiger charge is 2.47. The molecule has 0 bridgehead atoms. The number of halogens is 6. The van der Waals surface area contributed by atoms with E-state index in [9.17, 15) is 40.0 Å². The monoisotopic (exact) mass is 644 g/mol.